The fourth-order valence-electron chi connectivity index (χ4n) is 2.72. The molecule has 1 fully saturated rings. The molecule has 0 atom stereocenters. The summed E-state index contributed by atoms with van der Waals surface area (Å²) in [7, 11) is 0. The Morgan fingerprint density at radius 2 is 1.83 bits per heavy atom. The average molecular weight is 340 g/mol. The number of hydrogen-bond acceptors (Lipinski definition) is 4. The lowest BCUT2D eigenvalue weighted by molar-refractivity contribution is -0.274. The largest absolute Gasteiger partial charge is 0.573 e. The molecule has 128 valence electrons. The lowest BCUT2D eigenvalue weighted by atomic mass is 10.0. The minimum Gasteiger partial charge on any atom is -0.406 e. The number of amides is 1. The van der Waals surface area contributed by atoms with Gasteiger partial charge < -0.3 is 9.64 Å². The molecule has 0 aliphatic carbocycles. The van der Waals surface area contributed by atoms with Crippen LogP contribution in [0.15, 0.2) is 36.7 Å². The fraction of sp³-hybridized carbons (Fsp3) is 0.400. The van der Waals surface area contributed by atoms with Gasteiger partial charge in [0, 0.05) is 18.7 Å². The van der Waals surface area contributed by atoms with Crippen LogP contribution >= 0.6 is 0 Å². The van der Waals surface area contributed by atoms with Crippen molar-refractivity contribution in [3.8, 4) is 5.75 Å². The van der Waals surface area contributed by atoms with Gasteiger partial charge in [-0.1, -0.05) is 6.07 Å². The molecule has 1 saturated heterocycles. The van der Waals surface area contributed by atoms with Crippen LogP contribution in [0.2, 0.25) is 0 Å². The standard InChI is InChI=1S/C15H15F3N4O2/c16-15(17,18)24-13-3-1-2-11(10-13)14(23)21-8-4-12(5-9-21)22-19-6-7-20-22/h1-3,6-7,10,12H,4-5,8-9H2. The molecule has 1 aromatic heterocycles. The summed E-state index contributed by atoms with van der Waals surface area (Å²) in [5, 5.41) is 8.19. The van der Waals surface area contributed by atoms with Gasteiger partial charge in [0.15, 0.2) is 0 Å². The Morgan fingerprint density at radius 3 is 2.46 bits per heavy atom. The van der Waals surface area contributed by atoms with Gasteiger partial charge in [-0.2, -0.15) is 15.0 Å². The van der Waals surface area contributed by atoms with E-state index in [9.17, 15) is 18.0 Å². The molecule has 0 N–H and O–H groups in total. The van der Waals surface area contributed by atoms with Gasteiger partial charge >= 0.3 is 6.36 Å². The van der Waals surface area contributed by atoms with Crippen molar-refractivity contribution in [3.05, 3.63) is 42.2 Å². The van der Waals surface area contributed by atoms with E-state index < -0.39 is 12.1 Å². The second-order valence-electron chi connectivity index (χ2n) is 5.45. The number of hydrogen-bond donors (Lipinski definition) is 0. The van der Waals surface area contributed by atoms with Gasteiger partial charge in [-0.05, 0) is 31.0 Å². The molecule has 0 radical (unpaired) electrons. The summed E-state index contributed by atoms with van der Waals surface area (Å²) >= 11 is 0. The number of halogens is 3. The van der Waals surface area contributed by atoms with E-state index in [0.29, 0.717) is 25.9 Å². The molecular weight excluding hydrogens is 325 g/mol. The molecule has 2 aromatic rings. The monoisotopic (exact) mass is 340 g/mol. The fourth-order valence-corrected chi connectivity index (χ4v) is 2.72. The number of alkyl halides is 3. The molecule has 0 unspecified atom stereocenters. The predicted molar refractivity (Wildman–Crippen MR) is 77.3 cm³/mol. The zero-order valence-electron chi connectivity index (χ0n) is 12.6. The molecular formula is C15H15F3N4O2. The summed E-state index contributed by atoms with van der Waals surface area (Å²) in [6, 6.07) is 5.25. The number of carbonyl (C=O) groups excluding carboxylic acids is 1. The molecule has 9 heteroatoms. The van der Waals surface area contributed by atoms with E-state index in [1.54, 1.807) is 22.1 Å². The van der Waals surface area contributed by atoms with Crippen molar-refractivity contribution in [2.45, 2.75) is 25.2 Å². The lowest BCUT2D eigenvalue weighted by Gasteiger charge is -2.31. The molecule has 0 spiro atoms. The summed E-state index contributed by atoms with van der Waals surface area (Å²) < 4.78 is 40.7. The molecule has 1 aliphatic heterocycles. The van der Waals surface area contributed by atoms with Crippen molar-refractivity contribution in [2.75, 3.05) is 13.1 Å². The van der Waals surface area contributed by atoms with E-state index in [1.165, 1.54) is 18.2 Å². The van der Waals surface area contributed by atoms with Crippen molar-refractivity contribution in [2.24, 2.45) is 0 Å². The summed E-state index contributed by atoms with van der Waals surface area (Å²) in [6.45, 7) is 0.991. The number of carbonyl (C=O) groups is 1. The highest BCUT2D eigenvalue weighted by molar-refractivity contribution is 5.94. The van der Waals surface area contributed by atoms with Crippen molar-refractivity contribution in [1.29, 1.82) is 0 Å². The van der Waals surface area contributed by atoms with Crippen LogP contribution in [-0.4, -0.2) is 45.3 Å². The van der Waals surface area contributed by atoms with Crippen molar-refractivity contribution >= 4 is 5.91 Å². The second-order valence-corrected chi connectivity index (χ2v) is 5.45. The molecule has 24 heavy (non-hydrogen) atoms. The highest BCUT2D eigenvalue weighted by Crippen LogP contribution is 2.25. The molecule has 6 nitrogen and oxygen atoms in total. The van der Waals surface area contributed by atoms with Crippen molar-refractivity contribution in [1.82, 2.24) is 19.9 Å². The normalized spacial score (nSPS) is 16.2. The van der Waals surface area contributed by atoms with E-state index in [-0.39, 0.29) is 17.5 Å². The van der Waals surface area contributed by atoms with Gasteiger partial charge in [-0.3, -0.25) is 4.79 Å². The first kappa shape index (κ1) is 16.3. The number of nitrogens with zero attached hydrogens (tertiary/aromatic N) is 4. The average Bonchev–Trinajstić information content (AvgIpc) is 3.07. The molecule has 2 heterocycles. The first-order chi connectivity index (χ1) is 11.4. The van der Waals surface area contributed by atoms with Crippen LogP contribution in [0.3, 0.4) is 0 Å². The molecule has 1 aliphatic rings. The Balaban J connectivity index is 1.64. The highest BCUT2D eigenvalue weighted by atomic mass is 19.4. The predicted octanol–water partition coefficient (Wildman–Crippen LogP) is 2.65. The lowest BCUT2D eigenvalue weighted by Crippen LogP contribution is -2.39. The van der Waals surface area contributed by atoms with Gasteiger partial charge in [0.25, 0.3) is 5.91 Å². The van der Waals surface area contributed by atoms with Crippen LogP contribution in [0.1, 0.15) is 29.2 Å². The van der Waals surface area contributed by atoms with E-state index in [0.717, 1.165) is 6.07 Å². The Morgan fingerprint density at radius 1 is 1.17 bits per heavy atom. The van der Waals surface area contributed by atoms with Crippen molar-refractivity contribution in [3.63, 3.8) is 0 Å². The Bertz CT molecular complexity index is 695. The summed E-state index contributed by atoms with van der Waals surface area (Å²) in [5.74, 6) is -0.710. The van der Waals surface area contributed by atoms with Crippen LogP contribution in [0.4, 0.5) is 13.2 Å². The molecule has 3 rings (SSSR count). The van der Waals surface area contributed by atoms with Crippen LogP contribution in [0.5, 0.6) is 5.75 Å². The number of piperidine rings is 1. The third-order valence-electron chi connectivity index (χ3n) is 3.83. The van der Waals surface area contributed by atoms with Crippen molar-refractivity contribution < 1.29 is 22.7 Å². The van der Waals surface area contributed by atoms with Gasteiger partial charge in [0.2, 0.25) is 0 Å². The Labute approximate surface area is 135 Å². The van der Waals surface area contributed by atoms with E-state index in [4.69, 9.17) is 0 Å². The van der Waals surface area contributed by atoms with E-state index >= 15 is 0 Å². The smallest absolute Gasteiger partial charge is 0.406 e. The van der Waals surface area contributed by atoms with Crippen LogP contribution < -0.4 is 4.74 Å². The Kier molecular flexibility index (Phi) is 4.41. The maximum atomic E-state index is 12.5. The van der Waals surface area contributed by atoms with Gasteiger partial charge in [-0.25, -0.2) is 0 Å². The number of benzene rings is 1. The first-order valence-electron chi connectivity index (χ1n) is 7.43. The summed E-state index contributed by atoms with van der Waals surface area (Å²) in [4.78, 5) is 15.7. The zero-order chi connectivity index (χ0) is 17.2. The summed E-state index contributed by atoms with van der Waals surface area (Å²) in [6.07, 6.45) is -0.192. The second kappa shape index (κ2) is 6.50. The number of likely N-dealkylation sites (tertiary alicyclic amines) is 1. The molecule has 0 saturated carbocycles. The number of ether oxygens (including phenoxy) is 1. The SMILES string of the molecule is O=C(c1cccc(OC(F)(F)F)c1)N1CCC(n2nccn2)CC1. The highest BCUT2D eigenvalue weighted by Gasteiger charge is 2.31. The van der Waals surface area contributed by atoms with E-state index in [2.05, 4.69) is 14.9 Å². The van der Waals surface area contributed by atoms with Crippen LogP contribution in [0, 0.1) is 0 Å². The maximum Gasteiger partial charge on any atom is 0.573 e. The quantitative estimate of drug-likeness (QED) is 0.862. The number of rotatable bonds is 3. The van der Waals surface area contributed by atoms with Crippen LogP contribution in [0.25, 0.3) is 0 Å². The van der Waals surface area contributed by atoms with Gasteiger partial charge in [0.05, 0.1) is 18.4 Å². The molecule has 1 amide bonds. The van der Waals surface area contributed by atoms with Gasteiger partial charge in [0.1, 0.15) is 5.75 Å². The number of aromatic nitrogens is 3. The minimum absolute atomic E-state index is 0.129. The third kappa shape index (κ3) is 3.84. The zero-order valence-corrected chi connectivity index (χ0v) is 12.6. The first-order valence-corrected chi connectivity index (χ1v) is 7.43. The minimum atomic E-state index is -4.78. The summed E-state index contributed by atoms with van der Waals surface area (Å²) in [5.41, 5.74) is 0.174. The van der Waals surface area contributed by atoms with Crippen LogP contribution in [-0.2, 0) is 0 Å². The third-order valence-corrected chi connectivity index (χ3v) is 3.83. The maximum absolute atomic E-state index is 12.5. The topological polar surface area (TPSA) is 60.2 Å². The van der Waals surface area contributed by atoms with Gasteiger partial charge in [-0.15, -0.1) is 13.2 Å². The molecule has 0 bridgehead atoms. The van der Waals surface area contributed by atoms with E-state index in [1.807, 2.05) is 0 Å². The molecule has 1 aromatic carbocycles. The Hall–Kier alpha value is -2.58.